The zero-order chi connectivity index (χ0) is 13.5. The maximum atomic E-state index is 11.6. The number of hydrogen-bond donors (Lipinski definition) is 1. The molecule has 1 rings (SSSR count). The molecule has 0 aliphatic carbocycles. The van der Waals surface area contributed by atoms with E-state index in [9.17, 15) is 4.79 Å². The number of hydrogen-bond acceptors (Lipinski definition) is 3. The van der Waals surface area contributed by atoms with Crippen molar-refractivity contribution >= 4 is 11.7 Å². The summed E-state index contributed by atoms with van der Waals surface area (Å²) in [5, 5.41) is 2.59. The lowest BCUT2D eigenvalue weighted by atomic mass is 10.2. The van der Waals surface area contributed by atoms with Crippen LogP contribution in [0.5, 0.6) is 0 Å². The lowest BCUT2D eigenvalue weighted by molar-refractivity contribution is 0.0958. The molecule has 0 bridgehead atoms. The molecule has 1 aromatic rings. The molecule has 0 spiro atoms. The van der Waals surface area contributed by atoms with Gasteiger partial charge >= 0.3 is 0 Å². The predicted molar refractivity (Wildman–Crippen MR) is 73.5 cm³/mol. The first-order chi connectivity index (χ1) is 8.54. The first-order valence-corrected chi connectivity index (χ1v) is 5.58. The van der Waals surface area contributed by atoms with Crippen molar-refractivity contribution in [3.63, 3.8) is 0 Å². The van der Waals surface area contributed by atoms with Crippen LogP contribution in [0.2, 0.25) is 0 Å². The zero-order valence-electron chi connectivity index (χ0n) is 10.7. The highest BCUT2D eigenvalue weighted by molar-refractivity contribution is 5.94. The van der Waals surface area contributed by atoms with Gasteiger partial charge in [-0.25, -0.2) is 4.98 Å². The van der Waals surface area contributed by atoms with Crippen LogP contribution in [-0.4, -0.2) is 31.0 Å². The van der Waals surface area contributed by atoms with Crippen LogP contribution in [0.4, 0.5) is 5.82 Å². The van der Waals surface area contributed by atoms with Crippen molar-refractivity contribution in [3.05, 3.63) is 36.0 Å². The summed E-state index contributed by atoms with van der Waals surface area (Å²) >= 11 is 0. The lowest BCUT2D eigenvalue weighted by Crippen LogP contribution is -2.24. The van der Waals surface area contributed by atoms with Crippen LogP contribution in [0.25, 0.3) is 0 Å². The molecule has 0 atom stereocenters. The molecule has 0 saturated heterocycles. The topological polar surface area (TPSA) is 45.2 Å². The molecule has 1 N–H and O–H groups in total. The number of carbonyl (C=O) groups is 1. The van der Waals surface area contributed by atoms with Crippen molar-refractivity contribution in [2.75, 3.05) is 25.0 Å². The smallest absolute Gasteiger partial charge is 0.253 e. The molecular weight excluding hydrogens is 226 g/mol. The van der Waals surface area contributed by atoms with E-state index in [2.05, 4.69) is 22.8 Å². The summed E-state index contributed by atoms with van der Waals surface area (Å²) in [5.74, 6) is 2.93. The van der Waals surface area contributed by atoms with Crippen LogP contribution in [0.1, 0.15) is 17.3 Å². The minimum absolute atomic E-state index is 0.213. The average molecular weight is 243 g/mol. The molecule has 1 amide bonds. The number of pyridine rings is 1. The van der Waals surface area contributed by atoms with Crippen LogP contribution in [-0.2, 0) is 0 Å². The van der Waals surface area contributed by atoms with Gasteiger partial charge in [0.25, 0.3) is 5.91 Å². The molecule has 0 saturated carbocycles. The van der Waals surface area contributed by atoms with Crippen molar-refractivity contribution in [2.45, 2.75) is 6.92 Å². The molecule has 0 aromatic carbocycles. The van der Waals surface area contributed by atoms with Crippen LogP contribution < -0.4 is 10.2 Å². The second-order valence-electron chi connectivity index (χ2n) is 4.11. The first kappa shape index (κ1) is 13.8. The number of nitrogens with one attached hydrogen (secondary N) is 1. The van der Waals surface area contributed by atoms with E-state index in [4.69, 9.17) is 6.42 Å². The van der Waals surface area contributed by atoms with Crippen molar-refractivity contribution in [2.24, 2.45) is 0 Å². The summed E-state index contributed by atoms with van der Waals surface area (Å²) in [5.41, 5.74) is 1.55. The predicted octanol–water partition coefficient (Wildman–Crippen LogP) is 1.46. The zero-order valence-corrected chi connectivity index (χ0v) is 10.7. The number of aromatic nitrogens is 1. The van der Waals surface area contributed by atoms with Gasteiger partial charge in [-0.05, 0) is 19.1 Å². The third-order valence-corrected chi connectivity index (χ3v) is 2.26. The number of anilines is 1. The first-order valence-electron chi connectivity index (χ1n) is 5.58. The molecule has 4 nitrogen and oxygen atoms in total. The van der Waals surface area contributed by atoms with E-state index >= 15 is 0 Å². The third kappa shape index (κ3) is 3.95. The Kier molecular flexibility index (Phi) is 4.94. The standard InChI is InChI=1S/C14H17N3O/c1-5-8-15-14(18)12-6-7-13(16-9-12)17(4)10-11(2)3/h1,6-7,9H,2,8,10H2,3-4H3,(H,15,18). The monoisotopic (exact) mass is 243 g/mol. The SMILES string of the molecule is C#CCNC(=O)c1ccc(N(C)CC(=C)C)nc1. The molecule has 0 fully saturated rings. The molecule has 94 valence electrons. The molecule has 0 unspecified atom stereocenters. The molecule has 1 heterocycles. The van der Waals surface area contributed by atoms with E-state index in [0.717, 1.165) is 17.9 Å². The highest BCUT2D eigenvalue weighted by Gasteiger charge is 2.07. The molecule has 0 aliphatic rings. The van der Waals surface area contributed by atoms with Gasteiger partial charge in [0, 0.05) is 19.8 Å². The maximum absolute atomic E-state index is 11.6. The average Bonchev–Trinajstić information content (AvgIpc) is 2.35. The van der Waals surface area contributed by atoms with Gasteiger partial charge in [-0.15, -0.1) is 6.42 Å². The summed E-state index contributed by atoms with van der Waals surface area (Å²) in [6.07, 6.45) is 6.61. The minimum atomic E-state index is -0.213. The molecule has 18 heavy (non-hydrogen) atoms. The highest BCUT2D eigenvalue weighted by atomic mass is 16.1. The normalized spacial score (nSPS) is 9.39. The summed E-state index contributed by atoms with van der Waals surface area (Å²) in [4.78, 5) is 17.8. The number of rotatable bonds is 5. The summed E-state index contributed by atoms with van der Waals surface area (Å²) in [6, 6.07) is 3.52. The lowest BCUT2D eigenvalue weighted by Gasteiger charge is -2.18. The van der Waals surface area contributed by atoms with Gasteiger partial charge in [-0.3, -0.25) is 4.79 Å². The quantitative estimate of drug-likeness (QED) is 0.629. The second kappa shape index (κ2) is 6.45. The number of likely N-dealkylation sites (N-methyl/N-ethyl adjacent to an activating group) is 1. The number of nitrogens with zero attached hydrogens (tertiary/aromatic N) is 2. The number of carbonyl (C=O) groups excluding carboxylic acids is 1. The van der Waals surface area contributed by atoms with E-state index in [1.165, 1.54) is 6.20 Å². The number of amides is 1. The van der Waals surface area contributed by atoms with Crippen molar-refractivity contribution in [1.29, 1.82) is 0 Å². The summed E-state index contributed by atoms with van der Waals surface area (Å²) < 4.78 is 0. The Hall–Kier alpha value is -2.28. The largest absolute Gasteiger partial charge is 0.356 e. The molecule has 1 aromatic heterocycles. The summed E-state index contributed by atoms with van der Waals surface area (Å²) in [7, 11) is 1.93. The van der Waals surface area contributed by atoms with E-state index in [0.29, 0.717) is 5.56 Å². The fourth-order valence-electron chi connectivity index (χ4n) is 1.47. The Morgan fingerprint density at radius 1 is 1.61 bits per heavy atom. The van der Waals surface area contributed by atoms with Gasteiger partial charge in [0.2, 0.25) is 0 Å². The molecule has 4 heteroatoms. The highest BCUT2D eigenvalue weighted by Crippen LogP contribution is 2.10. The van der Waals surface area contributed by atoms with E-state index in [1.807, 2.05) is 18.9 Å². The van der Waals surface area contributed by atoms with Gasteiger partial charge in [-0.1, -0.05) is 18.1 Å². The van der Waals surface area contributed by atoms with Crippen LogP contribution in [0.3, 0.4) is 0 Å². The van der Waals surface area contributed by atoms with Gasteiger partial charge in [-0.2, -0.15) is 0 Å². The number of terminal acetylenes is 1. The molecule has 0 radical (unpaired) electrons. The molecular formula is C14H17N3O. The Balaban J connectivity index is 2.71. The summed E-state index contributed by atoms with van der Waals surface area (Å²) in [6.45, 7) is 6.75. The Bertz CT molecular complexity index is 471. The van der Waals surface area contributed by atoms with Gasteiger partial charge in [0.05, 0.1) is 12.1 Å². The van der Waals surface area contributed by atoms with E-state index in [-0.39, 0.29) is 12.5 Å². The second-order valence-corrected chi connectivity index (χ2v) is 4.11. The van der Waals surface area contributed by atoms with Crippen LogP contribution in [0, 0.1) is 12.3 Å². The van der Waals surface area contributed by atoms with Crippen molar-refractivity contribution in [1.82, 2.24) is 10.3 Å². The Labute approximate surface area is 108 Å². The fraction of sp³-hybridized carbons (Fsp3) is 0.286. The van der Waals surface area contributed by atoms with Crippen molar-refractivity contribution in [3.8, 4) is 12.3 Å². The Morgan fingerprint density at radius 2 is 2.33 bits per heavy atom. The van der Waals surface area contributed by atoms with Crippen LogP contribution >= 0.6 is 0 Å². The Morgan fingerprint density at radius 3 is 2.83 bits per heavy atom. The van der Waals surface area contributed by atoms with E-state index in [1.54, 1.807) is 12.1 Å². The minimum Gasteiger partial charge on any atom is -0.356 e. The van der Waals surface area contributed by atoms with Gasteiger partial charge < -0.3 is 10.2 Å². The fourth-order valence-corrected chi connectivity index (χ4v) is 1.47. The van der Waals surface area contributed by atoms with Crippen LogP contribution in [0.15, 0.2) is 30.5 Å². The van der Waals surface area contributed by atoms with Gasteiger partial charge in [0.1, 0.15) is 5.82 Å². The maximum Gasteiger partial charge on any atom is 0.253 e. The van der Waals surface area contributed by atoms with Crippen molar-refractivity contribution < 1.29 is 4.79 Å². The van der Waals surface area contributed by atoms with E-state index < -0.39 is 0 Å². The van der Waals surface area contributed by atoms with Gasteiger partial charge in [0.15, 0.2) is 0 Å². The molecule has 0 aliphatic heterocycles. The third-order valence-electron chi connectivity index (χ3n) is 2.26.